The van der Waals surface area contributed by atoms with Gasteiger partial charge >= 0.3 is 0 Å². The summed E-state index contributed by atoms with van der Waals surface area (Å²) in [5.41, 5.74) is 8.31. The lowest BCUT2D eigenvalue weighted by Crippen LogP contribution is -2.13. The van der Waals surface area contributed by atoms with Crippen LogP contribution in [-0.4, -0.2) is 38.6 Å². The molecule has 1 aliphatic rings. The predicted molar refractivity (Wildman–Crippen MR) is 179 cm³/mol. The maximum atomic E-state index is 9.28. The summed E-state index contributed by atoms with van der Waals surface area (Å²) in [6.07, 6.45) is 12.5. The van der Waals surface area contributed by atoms with Crippen LogP contribution < -0.4 is 9.47 Å². The number of unbranched alkanes of at least 4 members (excludes halogenated alkanes) is 2. The van der Waals surface area contributed by atoms with Crippen LogP contribution >= 0.6 is 0 Å². The average Bonchev–Trinajstić information content (AvgIpc) is 3.05. The molecule has 0 aliphatic heterocycles. The highest BCUT2D eigenvalue weighted by Gasteiger charge is 2.22. The third kappa shape index (κ3) is 9.71. The molecule has 1 fully saturated rings. The Hall–Kier alpha value is -3.08. The standard InChI is InChI=1S/C39H52O4/c1-5-7-8-9-30-10-12-32(13-11-30)33-14-16-34(17-15-33)35-18-19-39(31(6-2)24-35)36-25-37(42-21-20-29(3)28-40)27-38(26-36)43-23-22-41-4/h14-19,24-27,30,32,40H,3,5-13,20-23,28H2,1-2,4H3. The second-order valence-corrected chi connectivity index (χ2v) is 12.1. The molecule has 0 bridgehead atoms. The highest BCUT2D eigenvalue weighted by molar-refractivity contribution is 5.75. The molecule has 0 heterocycles. The molecule has 0 aromatic heterocycles. The Morgan fingerprint density at radius 3 is 2.14 bits per heavy atom. The van der Waals surface area contributed by atoms with Gasteiger partial charge in [0, 0.05) is 19.6 Å². The number of hydrogen-bond acceptors (Lipinski definition) is 4. The van der Waals surface area contributed by atoms with Crippen molar-refractivity contribution in [2.45, 2.75) is 84.0 Å². The van der Waals surface area contributed by atoms with Crippen molar-refractivity contribution in [3.8, 4) is 33.8 Å². The summed E-state index contributed by atoms with van der Waals surface area (Å²) in [7, 11) is 1.67. The van der Waals surface area contributed by atoms with Gasteiger partial charge in [-0.05, 0) is 95.0 Å². The second-order valence-electron chi connectivity index (χ2n) is 12.1. The molecule has 0 saturated heterocycles. The zero-order valence-electron chi connectivity index (χ0n) is 26.7. The third-order valence-corrected chi connectivity index (χ3v) is 8.96. The van der Waals surface area contributed by atoms with E-state index in [1.54, 1.807) is 7.11 Å². The Bertz CT molecular complexity index is 1270. The van der Waals surface area contributed by atoms with Crippen molar-refractivity contribution < 1.29 is 19.3 Å². The molecular weight excluding hydrogens is 532 g/mol. The van der Waals surface area contributed by atoms with Crippen LogP contribution in [0.25, 0.3) is 22.3 Å². The van der Waals surface area contributed by atoms with E-state index in [-0.39, 0.29) is 6.61 Å². The Morgan fingerprint density at radius 1 is 0.791 bits per heavy atom. The number of ether oxygens (including phenoxy) is 3. The molecule has 0 unspecified atom stereocenters. The van der Waals surface area contributed by atoms with Crippen molar-refractivity contribution in [3.63, 3.8) is 0 Å². The van der Waals surface area contributed by atoms with Gasteiger partial charge in [-0.1, -0.05) is 88.6 Å². The number of aryl methyl sites for hydroxylation is 1. The zero-order valence-corrected chi connectivity index (χ0v) is 26.7. The number of benzene rings is 3. The molecule has 4 nitrogen and oxygen atoms in total. The molecule has 0 radical (unpaired) electrons. The lowest BCUT2D eigenvalue weighted by molar-refractivity contribution is 0.146. The van der Waals surface area contributed by atoms with Crippen LogP contribution in [0, 0.1) is 5.92 Å². The van der Waals surface area contributed by atoms with Gasteiger partial charge in [0.15, 0.2) is 0 Å². The maximum Gasteiger partial charge on any atom is 0.123 e. The van der Waals surface area contributed by atoms with Crippen molar-refractivity contribution >= 4 is 0 Å². The summed E-state index contributed by atoms with van der Waals surface area (Å²) in [5, 5.41) is 9.28. The van der Waals surface area contributed by atoms with E-state index < -0.39 is 0 Å². The van der Waals surface area contributed by atoms with Crippen molar-refractivity contribution in [2.24, 2.45) is 5.92 Å². The smallest absolute Gasteiger partial charge is 0.123 e. The topological polar surface area (TPSA) is 47.9 Å². The summed E-state index contributed by atoms with van der Waals surface area (Å²) in [4.78, 5) is 0. The lowest BCUT2D eigenvalue weighted by atomic mass is 9.77. The minimum atomic E-state index is -0.0239. The summed E-state index contributed by atoms with van der Waals surface area (Å²) >= 11 is 0. The van der Waals surface area contributed by atoms with Crippen LogP contribution in [0.4, 0.5) is 0 Å². The van der Waals surface area contributed by atoms with Crippen LogP contribution in [0.15, 0.2) is 72.8 Å². The first-order chi connectivity index (χ1) is 21.0. The second kappa shape index (κ2) is 17.3. The molecule has 0 atom stereocenters. The monoisotopic (exact) mass is 584 g/mol. The van der Waals surface area contributed by atoms with E-state index in [4.69, 9.17) is 14.2 Å². The van der Waals surface area contributed by atoms with E-state index in [0.29, 0.717) is 32.2 Å². The summed E-state index contributed by atoms with van der Waals surface area (Å²) in [6, 6.07) is 22.2. The van der Waals surface area contributed by atoms with E-state index in [0.717, 1.165) is 35.0 Å². The molecular formula is C39H52O4. The first-order valence-corrected chi connectivity index (χ1v) is 16.4. The van der Waals surface area contributed by atoms with Crippen molar-refractivity contribution in [3.05, 3.63) is 83.9 Å². The van der Waals surface area contributed by atoms with E-state index in [1.165, 1.54) is 79.2 Å². The third-order valence-electron chi connectivity index (χ3n) is 8.96. The first-order valence-electron chi connectivity index (χ1n) is 16.4. The Kier molecular flexibility index (Phi) is 13.2. The molecule has 3 aromatic rings. The Labute approximate surface area is 260 Å². The highest BCUT2D eigenvalue weighted by Crippen LogP contribution is 2.39. The van der Waals surface area contributed by atoms with Crippen LogP contribution in [0.1, 0.15) is 88.7 Å². The van der Waals surface area contributed by atoms with E-state index in [2.05, 4.69) is 75.0 Å². The minimum absolute atomic E-state index is 0.0239. The van der Waals surface area contributed by atoms with E-state index >= 15 is 0 Å². The number of hydrogen-bond donors (Lipinski definition) is 1. The van der Waals surface area contributed by atoms with Gasteiger partial charge in [-0.25, -0.2) is 0 Å². The lowest BCUT2D eigenvalue weighted by Gasteiger charge is -2.29. The molecule has 1 saturated carbocycles. The molecule has 4 heteroatoms. The average molecular weight is 585 g/mol. The maximum absolute atomic E-state index is 9.28. The molecule has 3 aromatic carbocycles. The van der Waals surface area contributed by atoms with Crippen LogP contribution in [0.2, 0.25) is 0 Å². The fourth-order valence-electron chi connectivity index (χ4n) is 6.29. The molecule has 4 rings (SSSR count). The first kappa shape index (κ1) is 32.8. The fourth-order valence-corrected chi connectivity index (χ4v) is 6.29. The quantitative estimate of drug-likeness (QED) is 0.127. The van der Waals surface area contributed by atoms with Gasteiger partial charge in [-0.3, -0.25) is 0 Å². The Balaban J connectivity index is 1.48. The molecule has 1 N–H and O–H groups in total. The molecule has 1 aliphatic carbocycles. The van der Waals surface area contributed by atoms with Gasteiger partial charge in [-0.2, -0.15) is 0 Å². The fraction of sp³-hybridized carbons (Fsp3) is 0.487. The SMILES string of the molecule is C=C(CO)CCOc1cc(OCCOC)cc(-c2ccc(-c3ccc(C4CCC(CCCCC)CC4)cc3)cc2CC)c1. The van der Waals surface area contributed by atoms with Gasteiger partial charge in [0.2, 0.25) is 0 Å². The predicted octanol–water partition coefficient (Wildman–Crippen LogP) is 9.78. The molecule has 232 valence electrons. The van der Waals surface area contributed by atoms with Gasteiger partial charge in [0.25, 0.3) is 0 Å². The minimum Gasteiger partial charge on any atom is -0.493 e. The Morgan fingerprint density at radius 2 is 1.49 bits per heavy atom. The largest absolute Gasteiger partial charge is 0.493 e. The van der Waals surface area contributed by atoms with Crippen LogP contribution in [0.5, 0.6) is 11.5 Å². The van der Waals surface area contributed by atoms with Crippen molar-refractivity contribution in [1.29, 1.82) is 0 Å². The normalized spacial score (nSPS) is 16.7. The van der Waals surface area contributed by atoms with Crippen molar-refractivity contribution in [1.82, 2.24) is 0 Å². The summed E-state index contributed by atoms with van der Waals surface area (Å²) < 4.78 is 17.2. The number of aliphatic hydroxyl groups excluding tert-OH is 1. The van der Waals surface area contributed by atoms with Gasteiger partial charge < -0.3 is 19.3 Å². The summed E-state index contributed by atoms with van der Waals surface area (Å²) in [6.45, 7) is 9.79. The van der Waals surface area contributed by atoms with E-state index in [9.17, 15) is 5.11 Å². The summed E-state index contributed by atoms with van der Waals surface area (Å²) in [5.74, 6) is 3.15. The van der Waals surface area contributed by atoms with Gasteiger partial charge in [0.05, 0.1) is 19.8 Å². The molecule has 43 heavy (non-hydrogen) atoms. The molecule has 0 spiro atoms. The molecule has 0 amide bonds. The number of methoxy groups -OCH3 is 1. The highest BCUT2D eigenvalue weighted by atomic mass is 16.5. The number of rotatable bonds is 17. The van der Waals surface area contributed by atoms with Crippen LogP contribution in [-0.2, 0) is 11.2 Å². The number of aliphatic hydroxyl groups is 1. The van der Waals surface area contributed by atoms with Gasteiger partial charge in [-0.15, -0.1) is 0 Å². The zero-order chi connectivity index (χ0) is 30.4. The van der Waals surface area contributed by atoms with Crippen molar-refractivity contribution in [2.75, 3.05) is 33.5 Å². The van der Waals surface area contributed by atoms with Gasteiger partial charge in [0.1, 0.15) is 18.1 Å². The van der Waals surface area contributed by atoms with E-state index in [1.807, 2.05) is 6.07 Å². The van der Waals surface area contributed by atoms with Crippen LogP contribution in [0.3, 0.4) is 0 Å².